The summed E-state index contributed by atoms with van der Waals surface area (Å²) in [5.74, 6) is 4.75. The van der Waals surface area contributed by atoms with E-state index >= 15 is 0 Å². The molecule has 0 aliphatic carbocycles. The van der Waals surface area contributed by atoms with E-state index in [1.165, 1.54) is 19.1 Å². The second kappa shape index (κ2) is 8.34. The molecule has 0 radical (unpaired) electrons. The lowest BCUT2D eigenvalue weighted by Gasteiger charge is -2.21. The van der Waals surface area contributed by atoms with Gasteiger partial charge in [-0.25, -0.2) is 0 Å². The van der Waals surface area contributed by atoms with Crippen LogP contribution in [0.25, 0.3) is 0 Å². The van der Waals surface area contributed by atoms with Crippen molar-refractivity contribution >= 4 is 5.97 Å². The minimum Gasteiger partial charge on any atom is -0.508 e. The summed E-state index contributed by atoms with van der Waals surface area (Å²) in [6.45, 7) is 1.55. The number of phenolic OH excluding ortho intramolecular Hbond substituents is 1. The van der Waals surface area contributed by atoms with Gasteiger partial charge in [-0.3, -0.25) is 4.79 Å². The highest BCUT2D eigenvalue weighted by atomic mass is 16.4. The van der Waals surface area contributed by atoms with Crippen LogP contribution in [0.15, 0.2) is 54.6 Å². The first kappa shape index (κ1) is 18.5. The van der Waals surface area contributed by atoms with Crippen LogP contribution >= 0.6 is 0 Å². The summed E-state index contributed by atoms with van der Waals surface area (Å²) in [6.07, 6.45) is 0.234. The highest BCUT2D eigenvalue weighted by Gasteiger charge is 2.23. The Labute approximate surface area is 147 Å². The number of aliphatic hydroxyl groups is 1. The van der Waals surface area contributed by atoms with Crippen LogP contribution in [-0.2, 0) is 11.2 Å². The summed E-state index contributed by atoms with van der Waals surface area (Å²) in [7, 11) is 0. The van der Waals surface area contributed by atoms with E-state index in [0.29, 0.717) is 0 Å². The minimum atomic E-state index is -1.36. The highest BCUT2D eigenvalue weighted by molar-refractivity contribution is 5.74. The number of hydrogen-bond acceptors (Lipinski definition) is 4. The largest absolute Gasteiger partial charge is 0.508 e. The Balaban J connectivity index is 1.98. The normalized spacial score (nSPS) is 14.0. The summed E-state index contributed by atoms with van der Waals surface area (Å²) in [5.41, 5.74) is 0.188. The van der Waals surface area contributed by atoms with E-state index in [1.54, 1.807) is 12.1 Å². The first-order valence-corrected chi connectivity index (χ1v) is 7.90. The van der Waals surface area contributed by atoms with Gasteiger partial charge in [0.25, 0.3) is 0 Å². The van der Waals surface area contributed by atoms with Crippen molar-refractivity contribution in [1.29, 1.82) is 0 Å². The topological polar surface area (TPSA) is 89.8 Å². The Bertz CT molecular complexity index is 758. The monoisotopic (exact) mass is 339 g/mol. The van der Waals surface area contributed by atoms with Crippen molar-refractivity contribution < 1.29 is 20.1 Å². The lowest BCUT2D eigenvalue weighted by molar-refractivity contribution is -0.139. The molecular formula is C20H21NO4. The van der Waals surface area contributed by atoms with Gasteiger partial charge >= 0.3 is 5.97 Å². The Morgan fingerprint density at radius 2 is 1.80 bits per heavy atom. The van der Waals surface area contributed by atoms with Gasteiger partial charge in [-0.15, -0.1) is 0 Å². The number of aromatic hydroxyl groups is 1. The third kappa shape index (κ3) is 6.30. The zero-order chi connectivity index (χ0) is 18.3. The van der Waals surface area contributed by atoms with Gasteiger partial charge in [-0.05, 0) is 43.2 Å². The predicted molar refractivity (Wildman–Crippen MR) is 95.2 cm³/mol. The molecule has 2 unspecified atom stereocenters. The fourth-order valence-corrected chi connectivity index (χ4v) is 2.21. The summed E-state index contributed by atoms with van der Waals surface area (Å²) < 4.78 is 0. The van der Waals surface area contributed by atoms with Gasteiger partial charge in [-0.2, -0.15) is 0 Å². The number of carbonyl (C=O) groups is 1. The zero-order valence-electron chi connectivity index (χ0n) is 13.9. The van der Waals surface area contributed by atoms with Crippen molar-refractivity contribution in [2.24, 2.45) is 0 Å². The fourth-order valence-electron chi connectivity index (χ4n) is 2.21. The van der Waals surface area contributed by atoms with E-state index in [4.69, 9.17) is 0 Å². The maximum Gasteiger partial charge on any atom is 0.321 e. The van der Waals surface area contributed by atoms with Crippen LogP contribution in [0.2, 0.25) is 0 Å². The van der Waals surface area contributed by atoms with E-state index in [0.717, 1.165) is 11.1 Å². The number of carboxylic acids is 1. The Kier molecular flexibility index (Phi) is 6.18. The molecule has 0 heterocycles. The molecule has 0 aliphatic rings. The maximum absolute atomic E-state index is 11.4. The van der Waals surface area contributed by atoms with E-state index in [2.05, 4.69) is 17.2 Å². The van der Waals surface area contributed by atoms with Crippen molar-refractivity contribution in [3.05, 3.63) is 65.7 Å². The third-order valence-corrected chi connectivity index (χ3v) is 3.62. The number of phenols is 1. The van der Waals surface area contributed by atoms with Crippen LogP contribution in [0.5, 0.6) is 5.75 Å². The molecule has 4 N–H and O–H groups in total. The van der Waals surface area contributed by atoms with Crippen LogP contribution < -0.4 is 5.32 Å². The minimum absolute atomic E-state index is 0.0158. The fraction of sp³-hybridized carbons (Fsp3) is 0.250. The van der Waals surface area contributed by atoms with Crippen LogP contribution in [0, 0.1) is 11.8 Å². The smallest absolute Gasteiger partial charge is 0.321 e. The molecular weight excluding hydrogens is 318 g/mol. The van der Waals surface area contributed by atoms with Gasteiger partial charge in [0, 0.05) is 12.1 Å². The molecule has 2 aromatic rings. The molecule has 0 amide bonds. The first-order valence-electron chi connectivity index (χ1n) is 7.90. The number of rotatable bonds is 6. The number of hydrogen-bond donors (Lipinski definition) is 4. The Morgan fingerprint density at radius 3 is 2.40 bits per heavy atom. The van der Waals surface area contributed by atoms with E-state index in [-0.39, 0.29) is 18.7 Å². The summed E-state index contributed by atoms with van der Waals surface area (Å²) >= 11 is 0. The molecule has 0 saturated heterocycles. The first-order chi connectivity index (χ1) is 11.9. The summed E-state index contributed by atoms with van der Waals surface area (Å²) in [4.78, 5) is 11.4. The van der Waals surface area contributed by atoms with Crippen molar-refractivity contribution in [3.8, 4) is 17.6 Å². The van der Waals surface area contributed by atoms with Crippen molar-refractivity contribution in [2.45, 2.75) is 25.0 Å². The molecule has 0 aromatic heterocycles. The summed E-state index contributed by atoms with van der Waals surface area (Å²) in [6, 6.07) is 14.7. The molecule has 2 atom stereocenters. The lowest BCUT2D eigenvalue weighted by Crippen LogP contribution is -2.46. The number of nitrogens with one attached hydrogen (secondary N) is 1. The number of benzene rings is 2. The average Bonchev–Trinajstić information content (AvgIpc) is 2.59. The number of aliphatic carboxylic acids is 1. The molecule has 0 bridgehead atoms. The highest BCUT2D eigenvalue weighted by Crippen LogP contribution is 2.12. The van der Waals surface area contributed by atoms with Gasteiger partial charge in [0.15, 0.2) is 0 Å². The van der Waals surface area contributed by atoms with Crippen molar-refractivity contribution in [1.82, 2.24) is 5.32 Å². The molecule has 25 heavy (non-hydrogen) atoms. The van der Waals surface area contributed by atoms with Crippen LogP contribution in [-0.4, -0.2) is 39.5 Å². The van der Waals surface area contributed by atoms with Crippen molar-refractivity contribution in [2.75, 3.05) is 6.54 Å². The molecule has 0 fully saturated rings. The van der Waals surface area contributed by atoms with E-state index in [1.807, 2.05) is 30.3 Å². The zero-order valence-corrected chi connectivity index (χ0v) is 13.9. The second-order valence-electron chi connectivity index (χ2n) is 6.03. The second-order valence-corrected chi connectivity index (χ2v) is 6.03. The SMILES string of the molecule is CC(O)(C#Cc1ccccc1)CNC(Cc1ccc(O)cc1)C(=O)O. The molecule has 130 valence electrons. The average molecular weight is 339 g/mol. The van der Waals surface area contributed by atoms with Crippen LogP contribution in [0.3, 0.4) is 0 Å². The number of carboxylic acid groups (broad SMARTS) is 1. The molecule has 5 heteroatoms. The van der Waals surface area contributed by atoms with Gasteiger partial charge in [0.05, 0.1) is 0 Å². The Morgan fingerprint density at radius 1 is 1.16 bits per heavy atom. The molecule has 0 spiro atoms. The molecule has 2 aromatic carbocycles. The van der Waals surface area contributed by atoms with Crippen LogP contribution in [0.4, 0.5) is 0 Å². The van der Waals surface area contributed by atoms with Gasteiger partial charge in [0.2, 0.25) is 0 Å². The standard InChI is InChI=1S/C20H21NO4/c1-20(25,12-11-15-5-3-2-4-6-15)14-21-18(19(23)24)13-16-7-9-17(22)10-8-16/h2-10,18,21-22,25H,13-14H2,1H3,(H,23,24). The molecule has 2 rings (SSSR count). The third-order valence-electron chi connectivity index (χ3n) is 3.62. The molecule has 0 aliphatic heterocycles. The molecule has 0 saturated carbocycles. The molecule has 5 nitrogen and oxygen atoms in total. The lowest BCUT2D eigenvalue weighted by atomic mass is 10.0. The quantitative estimate of drug-likeness (QED) is 0.603. The predicted octanol–water partition coefficient (Wildman–Crippen LogP) is 1.78. The Hall–Kier alpha value is -2.81. The van der Waals surface area contributed by atoms with Gasteiger partial charge in [0.1, 0.15) is 17.4 Å². The van der Waals surface area contributed by atoms with Gasteiger partial charge < -0.3 is 20.6 Å². The van der Waals surface area contributed by atoms with Crippen molar-refractivity contribution in [3.63, 3.8) is 0 Å². The van der Waals surface area contributed by atoms with E-state index < -0.39 is 17.6 Å². The maximum atomic E-state index is 11.4. The summed E-state index contributed by atoms with van der Waals surface area (Å²) in [5, 5.41) is 31.8. The van der Waals surface area contributed by atoms with Crippen LogP contribution in [0.1, 0.15) is 18.1 Å². The van der Waals surface area contributed by atoms with Gasteiger partial charge in [-0.1, -0.05) is 42.2 Å². The van der Waals surface area contributed by atoms with E-state index in [9.17, 15) is 20.1 Å².